The van der Waals surface area contributed by atoms with E-state index in [-0.39, 0.29) is 13.1 Å². The van der Waals surface area contributed by atoms with Crippen LogP contribution in [0.3, 0.4) is 0 Å². The van der Waals surface area contributed by atoms with Crippen molar-refractivity contribution in [2.24, 2.45) is 0 Å². The normalized spacial score (nSPS) is 9.12. The molecule has 2 N–H and O–H groups in total. The first-order valence-corrected chi connectivity index (χ1v) is 4.84. The first kappa shape index (κ1) is 12.5. The van der Waals surface area contributed by atoms with E-state index in [0.717, 1.165) is 0 Å². The number of urea groups is 1. The van der Waals surface area contributed by atoms with E-state index in [9.17, 15) is 9.59 Å². The fourth-order valence-corrected chi connectivity index (χ4v) is 1.20. The Morgan fingerprint density at radius 3 is 2.53 bits per heavy atom. The fraction of sp³-hybridized carbons (Fsp3) is 0.182. The predicted molar refractivity (Wildman–Crippen MR) is 59.0 cm³/mol. The van der Waals surface area contributed by atoms with Crippen LogP contribution in [-0.2, 0) is 6.54 Å². The summed E-state index contributed by atoms with van der Waals surface area (Å²) in [5.41, 5.74) is 0.696. The van der Waals surface area contributed by atoms with Crippen LogP contribution < -0.4 is 5.32 Å². The number of nitrogens with one attached hydrogen (secondary N) is 1. The van der Waals surface area contributed by atoms with Crippen molar-refractivity contribution in [1.29, 1.82) is 5.26 Å². The van der Waals surface area contributed by atoms with Crippen LogP contribution in [0.15, 0.2) is 30.3 Å². The van der Waals surface area contributed by atoms with Crippen LogP contribution in [0.25, 0.3) is 0 Å². The van der Waals surface area contributed by atoms with Gasteiger partial charge >= 0.3 is 12.1 Å². The van der Waals surface area contributed by atoms with Crippen LogP contribution in [0, 0.1) is 11.3 Å². The maximum Gasteiger partial charge on any atom is 0.415 e. The molecule has 17 heavy (non-hydrogen) atoms. The van der Waals surface area contributed by atoms with Crippen LogP contribution in [0.1, 0.15) is 5.56 Å². The van der Waals surface area contributed by atoms with Crippen LogP contribution in [0.4, 0.5) is 9.59 Å². The third kappa shape index (κ3) is 3.83. The summed E-state index contributed by atoms with van der Waals surface area (Å²) in [6.45, 7) is -0.273. The number of amides is 3. The Hall–Kier alpha value is -2.55. The van der Waals surface area contributed by atoms with Gasteiger partial charge in [0.2, 0.25) is 0 Å². The SMILES string of the molecule is N#CCNC(=O)N(Cc1ccccc1)C(=O)O. The van der Waals surface area contributed by atoms with Crippen LogP contribution in [-0.4, -0.2) is 28.7 Å². The number of nitriles is 1. The molecule has 0 saturated heterocycles. The molecular formula is C11H11N3O3. The summed E-state index contributed by atoms with van der Waals surface area (Å²) in [5, 5.41) is 19.4. The van der Waals surface area contributed by atoms with E-state index in [2.05, 4.69) is 5.32 Å². The molecule has 0 fully saturated rings. The maximum atomic E-state index is 11.4. The van der Waals surface area contributed by atoms with Gasteiger partial charge < -0.3 is 10.4 Å². The number of nitrogens with zero attached hydrogens (tertiary/aromatic N) is 2. The summed E-state index contributed by atoms with van der Waals surface area (Å²) in [6, 6.07) is 9.63. The lowest BCUT2D eigenvalue weighted by molar-refractivity contribution is 0.146. The Bertz CT molecular complexity index is 439. The van der Waals surface area contributed by atoms with Crippen molar-refractivity contribution in [2.45, 2.75) is 6.54 Å². The molecule has 0 aliphatic carbocycles. The van der Waals surface area contributed by atoms with E-state index in [1.807, 2.05) is 0 Å². The van der Waals surface area contributed by atoms with E-state index in [4.69, 9.17) is 10.4 Å². The molecule has 88 valence electrons. The molecule has 3 amide bonds. The highest BCUT2D eigenvalue weighted by molar-refractivity contribution is 5.90. The van der Waals surface area contributed by atoms with Crippen molar-refractivity contribution < 1.29 is 14.7 Å². The Morgan fingerprint density at radius 1 is 1.35 bits per heavy atom. The van der Waals surface area contributed by atoms with Crippen LogP contribution in [0.2, 0.25) is 0 Å². The fourth-order valence-electron chi connectivity index (χ4n) is 1.20. The summed E-state index contributed by atoms with van der Waals surface area (Å²) < 4.78 is 0. The number of rotatable bonds is 3. The van der Waals surface area contributed by atoms with Gasteiger partial charge in [-0.1, -0.05) is 30.3 Å². The monoisotopic (exact) mass is 233 g/mol. The molecular weight excluding hydrogens is 222 g/mol. The first-order valence-electron chi connectivity index (χ1n) is 4.84. The largest absolute Gasteiger partial charge is 0.465 e. The average Bonchev–Trinajstić information content (AvgIpc) is 2.34. The number of benzene rings is 1. The van der Waals surface area contributed by atoms with E-state index < -0.39 is 12.1 Å². The van der Waals surface area contributed by atoms with Gasteiger partial charge in [0.25, 0.3) is 0 Å². The van der Waals surface area contributed by atoms with Crippen molar-refractivity contribution in [2.75, 3.05) is 6.54 Å². The first-order chi connectivity index (χ1) is 8.15. The molecule has 0 aliphatic heterocycles. The van der Waals surface area contributed by atoms with Gasteiger partial charge in [-0.05, 0) is 5.56 Å². The standard InChI is InChI=1S/C11H11N3O3/c12-6-7-13-10(15)14(11(16)17)8-9-4-2-1-3-5-9/h1-5H,7-8H2,(H,13,15)(H,16,17). The van der Waals surface area contributed by atoms with Crippen molar-refractivity contribution in [1.82, 2.24) is 10.2 Å². The molecule has 0 aliphatic rings. The molecule has 1 rings (SSSR count). The predicted octanol–water partition coefficient (Wildman–Crippen LogP) is 1.40. The molecule has 0 aromatic heterocycles. The number of carbonyl (C=O) groups is 2. The molecule has 0 bridgehead atoms. The number of carbonyl (C=O) groups excluding carboxylic acids is 1. The van der Waals surface area contributed by atoms with Crippen LogP contribution >= 0.6 is 0 Å². The number of imide groups is 1. The second kappa shape index (κ2) is 6.12. The third-order valence-electron chi connectivity index (χ3n) is 1.98. The Kier molecular flexibility index (Phi) is 4.51. The Balaban J connectivity index is 2.71. The molecule has 0 spiro atoms. The molecule has 1 aromatic carbocycles. The molecule has 0 unspecified atom stereocenters. The van der Waals surface area contributed by atoms with E-state index in [0.29, 0.717) is 10.5 Å². The number of hydrogen-bond acceptors (Lipinski definition) is 3. The van der Waals surface area contributed by atoms with E-state index >= 15 is 0 Å². The molecule has 0 atom stereocenters. The highest BCUT2D eigenvalue weighted by Gasteiger charge is 2.20. The van der Waals surface area contributed by atoms with Crippen molar-refractivity contribution in [3.63, 3.8) is 0 Å². The van der Waals surface area contributed by atoms with Gasteiger partial charge in [0, 0.05) is 0 Å². The highest BCUT2D eigenvalue weighted by Crippen LogP contribution is 2.04. The summed E-state index contributed by atoms with van der Waals surface area (Å²) in [5.74, 6) is 0. The van der Waals surface area contributed by atoms with Crippen molar-refractivity contribution >= 4 is 12.1 Å². The highest BCUT2D eigenvalue weighted by atomic mass is 16.4. The Labute approximate surface area is 98.1 Å². The van der Waals surface area contributed by atoms with Gasteiger partial charge in [-0.2, -0.15) is 5.26 Å². The quantitative estimate of drug-likeness (QED) is 0.771. The lowest BCUT2D eigenvalue weighted by Gasteiger charge is -2.16. The van der Waals surface area contributed by atoms with Gasteiger partial charge in [-0.3, -0.25) is 0 Å². The third-order valence-corrected chi connectivity index (χ3v) is 1.98. The zero-order chi connectivity index (χ0) is 12.7. The maximum absolute atomic E-state index is 11.4. The molecule has 0 radical (unpaired) electrons. The van der Waals surface area contributed by atoms with Gasteiger partial charge in [-0.25, -0.2) is 14.5 Å². The average molecular weight is 233 g/mol. The summed E-state index contributed by atoms with van der Waals surface area (Å²) >= 11 is 0. The van der Waals surface area contributed by atoms with Gasteiger partial charge in [0.15, 0.2) is 0 Å². The van der Waals surface area contributed by atoms with E-state index in [1.54, 1.807) is 36.4 Å². The molecule has 6 nitrogen and oxygen atoms in total. The smallest absolute Gasteiger partial charge is 0.415 e. The minimum absolute atomic E-state index is 0.0482. The summed E-state index contributed by atoms with van der Waals surface area (Å²) in [4.78, 5) is 22.9. The van der Waals surface area contributed by atoms with Crippen molar-refractivity contribution in [3.8, 4) is 6.07 Å². The minimum atomic E-state index is -1.36. The topological polar surface area (TPSA) is 93.4 Å². The Morgan fingerprint density at radius 2 is 2.00 bits per heavy atom. The molecule has 1 aromatic rings. The van der Waals surface area contributed by atoms with E-state index in [1.165, 1.54) is 0 Å². The van der Waals surface area contributed by atoms with Crippen LogP contribution in [0.5, 0.6) is 0 Å². The van der Waals surface area contributed by atoms with Gasteiger partial charge in [0.1, 0.15) is 6.54 Å². The number of carboxylic acid groups (broad SMARTS) is 1. The van der Waals surface area contributed by atoms with Gasteiger partial charge in [0.05, 0.1) is 12.6 Å². The summed E-state index contributed by atoms with van der Waals surface area (Å²) in [6.07, 6.45) is -1.36. The van der Waals surface area contributed by atoms with Gasteiger partial charge in [-0.15, -0.1) is 0 Å². The molecule has 0 heterocycles. The molecule has 0 saturated carbocycles. The lowest BCUT2D eigenvalue weighted by atomic mass is 10.2. The summed E-state index contributed by atoms with van der Waals surface area (Å²) in [7, 11) is 0. The zero-order valence-electron chi connectivity index (χ0n) is 8.96. The number of hydrogen-bond donors (Lipinski definition) is 2. The molecule has 6 heteroatoms. The van der Waals surface area contributed by atoms with Crippen molar-refractivity contribution in [3.05, 3.63) is 35.9 Å². The minimum Gasteiger partial charge on any atom is -0.465 e. The second-order valence-corrected chi connectivity index (χ2v) is 3.17. The zero-order valence-corrected chi connectivity index (χ0v) is 8.96. The lowest BCUT2D eigenvalue weighted by Crippen LogP contribution is -2.42. The second-order valence-electron chi connectivity index (χ2n) is 3.17.